The molecule has 6 nitrogen and oxygen atoms in total. The molecule has 1 unspecified atom stereocenters. The van der Waals surface area contributed by atoms with E-state index in [1.54, 1.807) is 7.11 Å². The minimum Gasteiger partial charge on any atom is -0.495 e. The van der Waals surface area contributed by atoms with Gasteiger partial charge in [-0.1, -0.05) is 36.4 Å². The molecular weight excluding hydrogens is 491 g/mol. The van der Waals surface area contributed by atoms with Crippen molar-refractivity contribution in [2.75, 3.05) is 18.6 Å². The number of fused-ring (bicyclic) bond motifs is 1. The van der Waals surface area contributed by atoms with Crippen molar-refractivity contribution in [3.05, 3.63) is 58.1 Å². The first kappa shape index (κ1) is 26.4. The minimum absolute atomic E-state index is 0. The number of hydrogen-bond donors (Lipinski definition) is 1. The fourth-order valence-corrected chi connectivity index (χ4v) is 5.32. The van der Waals surface area contributed by atoms with Crippen LogP contribution in [0.5, 0.6) is 5.75 Å². The van der Waals surface area contributed by atoms with Crippen LogP contribution in [0.3, 0.4) is 0 Å². The monoisotopic (exact) mass is 520 g/mol. The van der Waals surface area contributed by atoms with E-state index in [0.717, 1.165) is 54.2 Å². The summed E-state index contributed by atoms with van der Waals surface area (Å²) < 4.78 is 5.33. The van der Waals surface area contributed by atoms with Gasteiger partial charge in [0, 0.05) is 23.8 Å². The predicted molar refractivity (Wildman–Crippen MR) is 146 cm³/mol. The van der Waals surface area contributed by atoms with E-state index in [2.05, 4.69) is 54.4 Å². The van der Waals surface area contributed by atoms with Crippen LogP contribution in [0.15, 0.2) is 46.5 Å². The van der Waals surface area contributed by atoms with E-state index in [1.165, 1.54) is 17.3 Å². The fraction of sp³-hybridized carbons (Fsp3) is 0.400. The Bertz CT molecular complexity index is 1120. The Labute approximate surface area is 216 Å². The molecule has 0 radical (unpaired) electrons. The van der Waals surface area contributed by atoms with Crippen molar-refractivity contribution >= 4 is 58.2 Å². The van der Waals surface area contributed by atoms with Gasteiger partial charge < -0.3 is 9.64 Å². The molecule has 34 heavy (non-hydrogen) atoms. The predicted octanol–water partition coefficient (Wildman–Crippen LogP) is 6.32. The van der Waals surface area contributed by atoms with Crippen LogP contribution in [0.25, 0.3) is 0 Å². The van der Waals surface area contributed by atoms with Crippen LogP contribution in [-0.4, -0.2) is 41.7 Å². The van der Waals surface area contributed by atoms with Crippen molar-refractivity contribution in [2.45, 2.75) is 51.3 Å². The van der Waals surface area contributed by atoms with Gasteiger partial charge in [-0.3, -0.25) is 9.79 Å². The summed E-state index contributed by atoms with van der Waals surface area (Å²) >= 11 is 7.76. The Kier molecular flexibility index (Phi) is 8.90. The van der Waals surface area contributed by atoms with E-state index in [1.807, 2.05) is 18.2 Å². The van der Waals surface area contributed by atoms with Gasteiger partial charge in [0.2, 0.25) is 0 Å². The van der Waals surface area contributed by atoms with Crippen LogP contribution in [0, 0.1) is 0 Å². The number of benzene rings is 2. The average Bonchev–Trinajstić information content (AvgIpc) is 2.81. The second-order valence-electron chi connectivity index (χ2n) is 8.41. The standard InChI is InChI=1S/C25H29ClN4O2S.ClH/c1-5-22-23(28-29-25(31)33-22)17-8-10-20-16(13-17)7-6-12-30(20)24(27-15(2)3)18-9-11-21(32-4)19(26)14-18;/h8-11,13-15,22H,5-7,12H2,1-4H3,(H,29,31);1H. The van der Waals surface area contributed by atoms with Crippen LogP contribution in [0.1, 0.15) is 50.3 Å². The summed E-state index contributed by atoms with van der Waals surface area (Å²) in [6.07, 6.45) is 2.86. The lowest BCUT2D eigenvalue weighted by Crippen LogP contribution is -2.37. The van der Waals surface area contributed by atoms with Crippen LogP contribution in [0.4, 0.5) is 10.5 Å². The van der Waals surface area contributed by atoms with Crippen molar-refractivity contribution in [1.29, 1.82) is 0 Å². The third-order valence-electron chi connectivity index (χ3n) is 5.73. The fourth-order valence-electron chi connectivity index (χ4n) is 4.24. The number of methoxy groups -OCH3 is 1. The van der Waals surface area contributed by atoms with Crippen LogP contribution >= 0.6 is 35.8 Å². The molecule has 2 aliphatic heterocycles. The number of ether oxygens (including phenoxy) is 1. The van der Waals surface area contributed by atoms with Gasteiger partial charge in [-0.2, -0.15) is 5.10 Å². The van der Waals surface area contributed by atoms with Gasteiger partial charge in [-0.25, -0.2) is 5.43 Å². The molecule has 0 aromatic heterocycles. The van der Waals surface area contributed by atoms with Crippen molar-refractivity contribution in [2.24, 2.45) is 10.1 Å². The van der Waals surface area contributed by atoms with Crippen LogP contribution in [-0.2, 0) is 6.42 Å². The highest BCUT2D eigenvalue weighted by molar-refractivity contribution is 8.14. The maximum Gasteiger partial charge on any atom is 0.299 e. The number of thioether (sulfide) groups is 1. The first-order valence-corrected chi connectivity index (χ1v) is 12.5. The number of amides is 1. The van der Waals surface area contributed by atoms with E-state index in [9.17, 15) is 4.79 Å². The zero-order valence-electron chi connectivity index (χ0n) is 19.8. The van der Waals surface area contributed by atoms with Crippen molar-refractivity contribution in [1.82, 2.24) is 5.43 Å². The van der Waals surface area contributed by atoms with E-state index in [4.69, 9.17) is 21.3 Å². The Balaban J connectivity index is 0.00000324. The zero-order chi connectivity index (χ0) is 23.5. The van der Waals surface area contributed by atoms with Gasteiger partial charge in [0.25, 0.3) is 5.24 Å². The average molecular weight is 522 g/mol. The number of hydrazone groups is 1. The van der Waals surface area contributed by atoms with E-state index in [0.29, 0.717) is 10.8 Å². The third-order valence-corrected chi connectivity index (χ3v) is 7.17. The second-order valence-corrected chi connectivity index (χ2v) is 9.99. The van der Waals surface area contributed by atoms with Gasteiger partial charge in [0.15, 0.2) is 0 Å². The summed E-state index contributed by atoms with van der Waals surface area (Å²) in [6.45, 7) is 7.13. The molecule has 2 aromatic rings. The number of carbonyl (C=O) groups is 1. The molecule has 0 fully saturated rings. The lowest BCUT2D eigenvalue weighted by Gasteiger charge is -2.33. The summed E-state index contributed by atoms with van der Waals surface area (Å²) in [5, 5.41) is 4.92. The quantitative estimate of drug-likeness (QED) is 0.370. The van der Waals surface area contributed by atoms with E-state index >= 15 is 0 Å². The summed E-state index contributed by atoms with van der Waals surface area (Å²) in [7, 11) is 1.62. The molecule has 0 spiro atoms. The van der Waals surface area contributed by atoms with Gasteiger partial charge in [0.05, 0.1) is 23.1 Å². The Morgan fingerprint density at radius 1 is 1.32 bits per heavy atom. The molecule has 182 valence electrons. The van der Waals surface area contributed by atoms with E-state index in [-0.39, 0.29) is 28.9 Å². The molecule has 9 heteroatoms. The second kappa shape index (κ2) is 11.5. The number of halogens is 2. The van der Waals surface area contributed by atoms with Gasteiger partial charge in [0.1, 0.15) is 11.6 Å². The number of aryl methyl sites for hydroxylation is 1. The first-order valence-electron chi connectivity index (χ1n) is 11.3. The van der Waals surface area contributed by atoms with Crippen LogP contribution < -0.4 is 15.1 Å². The number of rotatable bonds is 5. The Morgan fingerprint density at radius 2 is 2.12 bits per heavy atom. The third kappa shape index (κ3) is 5.53. The van der Waals surface area contributed by atoms with Gasteiger partial charge in [-0.15, -0.1) is 12.4 Å². The number of amidine groups is 1. The maximum atomic E-state index is 11.8. The number of anilines is 1. The molecule has 1 atom stereocenters. The highest BCUT2D eigenvalue weighted by Crippen LogP contribution is 2.33. The summed E-state index contributed by atoms with van der Waals surface area (Å²) in [5.41, 5.74) is 7.98. The first-order chi connectivity index (χ1) is 15.9. The molecule has 2 aromatic carbocycles. The van der Waals surface area contributed by atoms with Crippen LogP contribution in [0.2, 0.25) is 5.02 Å². The number of hydrogen-bond acceptors (Lipinski definition) is 5. The molecule has 2 aliphatic rings. The lowest BCUT2D eigenvalue weighted by molar-refractivity contribution is 0.260. The Hall–Kier alpha value is -2.22. The topological polar surface area (TPSA) is 66.3 Å². The molecule has 1 amide bonds. The zero-order valence-corrected chi connectivity index (χ0v) is 22.2. The molecule has 0 saturated heterocycles. The molecular formula is C25H30Cl2N4O2S. The number of nitrogens with zero attached hydrogens (tertiary/aromatic N) is 3. The molecule has 1 N–H and O–H groups in total. The molecule has 0 bridgehead atoms. The maximum absolute atomic E-state index is 11.8. The number of nitrogens with one attached hydrogen (secondary N) is 1. The molecule has 2 heterocycles. The van der Waals surface area contributed by atoms with Gasteiger partial charge >= 0.3 is 0 Å². The number of aliphatic imine (C=N–C) groups is 1. The SMILES string of the molecule is CCC1SC(=O)NN=C1c1ccc2c(c1)CCCN2C(=NC(C)C)c1ccc(OC)c(Cl)c1.Cl. The normalized spacial score (nSPS) is 18.1. The largest absolute Gasteiger partial charge is 0.495 e. The van der Waals surface area contributed by atoms with Crippen molar-refractivity contribution in [3.63, 3.8) is 0 Å². The summed E-state index contributed by atoms with van der Waals surface area (Å²) in [6, 6.07) is 12.4. The summed E-state index contributed by atoms with van der Waals surface area (Å²) in [5.74, 6) is 1.56. The number of carbonyl (C=O) groups excluding carboxylic acids is 1. The molecule has 4 rings (SSSR count). The molecule has 0 saturated carbocycles. The smallest absolute Gasteiger partial charge is 0.299 e. The van der Waals surface area contributed by atoms with Crippen molar-refractivity contribution in [3.8, 4) is 5.75 Å². The lowest BCUT2D eigenvalue weighted by atomic mass is 9.95. The van der Waals surface area contributed by atoms with Gasteiger partial charge in [-0.05, 0) is 74.6 Å². The Morgan fingerprint density at radius 3 is 2.79 bits per heavy atom. The molecule has 0 aliphatic carbocycles. The highest BCUT2D eigenvalue weighted by atomic mass is 35.5. The highest BCUT2D eigenvalue weighted by Gasteiger charge is 2.28. The minimum atomic E-state index is -0.0950. The van der Waals surface area contributed by atoms with E-state index < -0.39 is 0 Å². The van der Waals surface area contributed by atoms with Crippen molar-refractivity contribution < 1.29 is 9.53 Å². The summed E-state index contributed by atoms with van der Waals surface area (Å²) in [4.78, 5) is 19.0.